The maximum absolute atomic E-state index is 11.0. The van der Waals surface area contributed by atoms with Crippen molar-refractivity contribution < 1.29 is 15.0 Å². The number of aliphatic hydroxyl groups excluding tert-OH is 1. The standard InChI is InChI=1S/C15H17NO3S/c17-10-13(8-11-4-2-1-3-5-11)16-9-12-6-7-20-14(12)15(18)19/h1-7,13,16-17H,8-10H2,(H,18,19). The fourth-order valence-corrected chi connectivity index (χ4v) is 2.78. The van der Waals surface area contributed by atoms with Crippen LogP contribution in [0.1, 0.15) is 20.8 Å². The molecule has 0 aliphatic carbocycles. The Kier molecular flexibility index (Phi) is 5.29. The molecule has 1 aromatic carbocycles. The molecule has 0 fully saturated rings. The Morgan fingerprint density at radius 2 is 2.00 bits per heavy atom. The number of thiophene rings is 1. The summed E-state index contributed by atoms with van der Waals surface area (Å²) < 4.78 is 0. The van der Waals surface area contributed by atoms with Crippen molar-refractivity contribution in [3.63, 3.8) is 0 Å². The normalized spacial score (nSPS) is 12.2. The molecule has 1 atom stereocenters. The number of nitrogens with one attached hydrogen (secondary N) is 1. The fourth-order valence-electron chi connectivity index (χ4n) is 2.02. The van der Waals surface area contributed by atoms with E-state index >= 15 is 0 Å². The van der Waals surface area contributed by atoms with Gasteiger partial charge in [-0.25, -0.2) is 4.79 Å². The average molecular weight is 291 g/mol. The summed E-state index contributed by atoms with van der Waals surface area (Å²) in [6.07, 6.45) is 0.712. The van der Waals surface area contributed by atoms with Gasteiger partial charge in [0.05, 0.1) is 6.61 Å². The highest BCUT2D eigenvalue weighted by atomic mass is 32.1. The van der Waals surface area contributed by atoms with Gasteiger partial charge >= 0.3 is 5.97 Å². The Morgan fingerprint density at radius 3 is 2.65 bits per heavy atom. The second kappa shape index (κ2) is 7.19. The van der Waals surface area contributed by atoms with Crippen LogP contribution in [-0.4, -0.2) is 28.8 Å². The molecule has 0 radical (unpaired) electrons. The van der Waals surface area contributed by atoms with Gasteiger partial charge in [-0.05, 0) is 29.0 Å². The maximum atomic E-state index is 11.0. The predicted octanol–water partition coefficient (Wildman–Crippen LogP) is 2.14. The van der Waals surface area contributed by atoms with E-state index in [2.05, 4.69) is 5.32 Å². The van der Waals surface area contributed by atoms with Gasteiger partial charge in [-0.15, -0.1) is 11.3 Å². The Balaban J connectivity index is 1.94. The van der Waals surface area contributed by atoms with Gasteiger partial charge in [0.1, 0.15) is 4.88 Å². The van der Waals surface area contributed by atoms with E-state index in [0.29, 0.717) is 17.8 Å². The highest BCUT2D eigenvalue weighted by Gasteiger charge is 2.13. The number of benzene rings is 1. The van der Waals surface area contributed by atoms with Gasteiger partial charge in [0.2, 0.25) is 0 Å². The molecule has 0 aliphatic rings. The Hall–Kier alpha value is -1.69. The van der Waals surface area contributed by atoms with Gasteiger partial charge in [-0.3, -0.25) is 0 Å². The highest BCUT2D eigenvalue weighted by molar-refractivity contribution is 7.12. The second-order valence-corrected chi connectivity index (χ2v) is 5.45. The number of rotatable bonds is 7. The minimum atomic E-state index is -0.902. The van der Waals surface area contributed by atoms with Crippen LogP contribution in [0.4, 0.5) is 0 Å². The molecule has 0 amide bonds. The number of aliphatic hydroxyl groups is 1. The largest absolute Gasteiger partial charge is 0.477 e. The van der Waals surface area contributed by atoms with E-state index in [1.165, 1.54) is 11.3 Å². The monoisotopic (exact) mass is 291 g/mol. The number of carboxylic acids is 1. The van der Waals surface area contributed by atoms with E-state index in [1.54, 1.807) is 11.4 Å². The van der Waals surface area contributed by atoms with Crippen LogP contribution in [0.15, 0.2) is 41.8 Å². The van der Waals surface area contributed by atoms with Crippen molar-refractivity contribution in [2.75, 3.05) is 6.61 Å². The van der Waals surface area contributed by atoms with E-state index in [1.807, 2.05) is 30.3 Å². The lowest BCUT2D eigenvalue weighted by molar-refractivity contribution is 0.0701. The summed E-state index contributed by atoms with van der Waals surface area (Å²) in [5.74, 6) is -0.902. The highest BCUT2D eigenvalue weighted by Crippen LogP contribution is 2.16. The lowest BCUT2D eigenvalue weighted by Gasteiger charge is -2.16. The molecule has 1 aromatic heterocycles. The molecular formula is C15H17NO3S. The van der Waals surface area contributed by atoms with Crippen molar-refractivity contribution in [3.05, 3.63) is 57.8 Å². The van der Waals surface area contributed by atoms with Crippen LogP contribution in [0.3, 0.4) is 0 Å². The summed E-state index contributed by atoms with van der Waals surface area (Å²) in [6, 6.07) is 11.6. The van der Waals surface area contributed by atoms with Crippen LogP contribution in [0.25, 0.3) is 0 Å². The summed E-state index contributed by atoms with van der Waals surface area (Å²) in [4.78, 5) is 11.4. The van der Waals surface area contributed by atoms with Crippen molar-refractivity contribution in [2.45, 2.75) is 19.0 Å². The molecule has 2 rings (SSSR count). The molecule has 106 valence electrons. The first kappa shape index (κ1) is 14.7. The molecule has 5 heteroatoms. The zero-order chi connectivity index (χ0) is 14.4. The second-order valence-electron chi connectivity index (χ2n) is 4.53. The Labute approximate surface area is 121 Å². The molecule has 1 heterocycles. The van der Waals surface area contributed by atoms with Crippen molar-refractivity contribution in [1.29, 1.82) is 0 Å². The molecular weight excluding hydrogens is 274 g/mol. The average Bonchev–Trinajstić information content (AvgIpc) is 2.93. The lowest BCUT2D eigenvalue weighted by atomic mass is 10.1. The quantitative estimate of drug-likeness (QED) is 0.731. The molecule has 0 spiro atoms. The molecule has 3 N–H and O–H groups in total. The maximum Gasteiger partial charge on any atom is 0.346 e. The number of carbonyl (C=O) groups is 1. The van der Waals surface area contributed by atoms with E-state index in [0.717, 1.165) is 11.1 Å². The van der Waals surface area contributed by atoms with E-state index in [4.69, 9.17) is 5.11 Å². The molecule has 0 saturated heterocycles. The van der Waals surface area contributed by atoms with Crippen LogP contribution in [0.5, 0.6) is 0 Å². The van der Waals surface area contributed by atoms with Crippen LogP contribution < -0.4 is 5.32 Å². The Morgan fingerprint density at radius 1 is 1.25 bits per heavy atom. The van der Waals surface area contributed by atoms with Crippen molar-refractivity contribution >= 4 is 17.3 Å². The zero-order valence-corrected chi connectivity index (χ0v) is 11.8. The van der Waals surface area contributed by atoms with Crippen LogP contribution in [0.2, 0.25) is 0 Å². The number of hydrogen-bond donors (Lipinski definition) is 3. The summed E-state index contributed by atoms with van der Waals surface area (Å²) >= 11 is 1.22. The molecule has 0 aliphatic heterocycles. The van der Waals surface area contributed by atoms with Crippen LogP contribution in [-0.2, 0) is 13.0 Å². The third kappa shape index (κ3) is 3.90. The zero-order valence-electron chi connectivity index (χ0n) is 11.0. The summed E-state index contributed by atoms with van der Waals surface area (Å²) in [7, 11) is 0. The number of hydrogen-bond acceptors (Lipinski definition) is 4. The first-order valence-corrected chi connectivity index (χ1v) is 7.26. The number of carboxylic acid groups (broad SMARTS) is 1. The SMILES string of the molecule is O=C(O)c1sccc1CNC(CO)Cc1ccccc1. The molecule has 1 unspecified atom stereocenters. The molecule has 0 bridgehead atoms. The Bertz CT molecular complexity index is 553. The van der Waals surface area contributed by atoms with Crippen molar-refractivity contribution in [3.8, 4) is 0 Å². The molecule has 0 saturated carbocycles. The third-order valence-corrected chi connectivity index (χ3v) is 4.01. The smallest absolute Gasteiger partial charge is 0.346 e. The topological polar surface area (TPSA) is 69.6 Å². The van der Waals surface area contributed by atoms with Crippen molar-refractivity contribution in [2.24, 2.45) is 0 Å². The van der Waals surface area contributed by atoms with Crippen LogP contribution in [0, 0.1) is 0 Å². The molecule has 4 nitrogen and oxygen atoms in total. The van der Waals surface area contributed by atoms with E-state index in [-0.39, 0.29) is 12.6 Å². The fraction of sp³-hybridized carbons (Fsp3) is 0.267. The van der Waals surface area contributed by atoms with Crippen LogP contribution >= 0.6 is 11.3 Å². The molecule has 20 heavy (non-hydrogen) atoms. The van der Waals surface area contributed by atoms with Gasteiger partial charge < -0.3 is 15.5 Å². The van der Waals surface area contributed by atoms with Gasteiger partial charge in [-0.2, -0.15) is 0 Å². The van der Waals surface area contributed by atoms with Gasteiger partial charge in [0.25, 0.3) is 0 Å². The lowest BCUT2D eigenvalue weighted by Crippen LogP contribution is -2.34. The first-order valence-electron chi connectivity index (χ1n) is 6.38. The van der Waals surface area contributed by atoms with Gasteiger partial charge in [0.15, 0.2) is 0 Å². The summed E-state index contributed by atoms with van der Waals surface area (Å²) in [5.41, 5.74) is 1.90. The minimum absolute atomic E-state index is 0.0153. The third-order valence-electron chi connectivity index (χ3n) is 3.07. The predicted molar refractivity (Wildman–Crippen MR) is 79.1 cm³/mol. The first-order chi connectivity index (χ1) is 9.70. The van der Waals surface area contributed by atoms with Crippen molar-refractivity contribution in [1.82, 2.24) is 5.32 Å². The van der Waals surface area contributed by atoms with E-state index in [9.17, 15) is 9.90 Å². The van der Waals surface area contributed by atoms with Gasteiger partial charge in [-0.1, -0.05) is 30.3 Å². The van der Waals surface area contributed by atoms with E-state index < -0.39 is 5.97 Å². The number of aromatic carboxylic acids is 1. The molecule has 2 aromatic rings. The summed E-state index contributed by atoms with van der Waals surface area (Å²) in [6.45, 7) is 0.463. The summed E-state index contributed by atoms with van der Waals surface area (Å²) in [5, 5.41) is 23.4. The minimum Gasteiger partial charge on any atom is -0.477 e. The van der Waals surface area contributed by atoms with Gasteiger partial charge in [0, 0.05) is 12.6 Å².